The molecule has 2 unspecified atom stereocenters. The lowest BCUT2D eigenvalue weighted by molar-refractivity contribution is 0.201. The fourth-order valence-corrected chi connectivity index (χ4v) is 3.16. The van der Waals surface area contributed by atoms with Gasteiger partial charge in [0.25, 0.3) is 0 Å². The van der Waals surface area contributed by atoms with E-state index in [0.29, 0.717) is 5.25 Å². The van der Waals surface area contributed by atoms with Crippen molar-refractivity contribution in [2.45, 2.75) is 49.9 Å². The van der Waals surface area contributed by atoms with Gasteiger partial charge in [-0.15, -0.1) is 11.8 Å². The maximum absolute atomic E-state index is 9.15. The number of aliphatic hydroxyl groups excluding tert-OH is 1. The largest absolute Gasteiger partial charge is 0.394 e. The van der Waals surface area contributed by atoms with Crippen LogP contribution in [0.2, 0.25) is 0 Å². The molecule has 1 rings (SSSR count). The lowest BCUT2D eigenvalue weighted by atomic mass is 9.99. The van der Waals surface area contributed by atoms with Crippen molar-refractivity contribution in [3.8, 4) is 0 Å². The quantitative estimate of drug-likeness (QED) is 0.791. The van der Waals surface area contributed by atoms with Crippen LogP contribution in [0.5, 0.6) is 0 Å². The van der Waals surface area contributed by atoms with Crippen LogP contribution >= 0.6 is 11.8 Å². The zero-order valence-electron chi connectivity index (χ0n) is 11.0. The predicted molar refractivity (Wildman–Crippen MR) is 73.3 cm³/mol. The van der Waals surface area contributed by atoms with Crippen LogP contribution in [0.4, 0.5) is 0 Å². The van der Waals surface area contributed by atoms with Gasteiger partial charge in [-0.1, -0.05) is 6.92 Å². The normalized spacial score (nSPS) is 16.6. The van der Waals surface area contributed by atoms with Gasteiger partial charge in [0, 0.05) is 16.5 Å². The molecule has 1 heterocycles. The number of hydrogen-bond donors (Lipinski definition) is 2. The fraction of sp³-hybridized carbons (Fsp3) is 0.615. The number of aliphatic hydroxyl groups is 1. The molecule has 3 nitrogen and oxygen atoms in total. The highest BCUT2D eigenvalue weighted by Gasteiger charge is 2.21. The van der Waals surface area contributed by atoms with Crippen molar-refractivity contribution in [1.29, 1.82) is 0 Å². The van der Waals surface area contributed by atoms with E-state index in [1.165, 1.54) is 5.56 Å². The monoisotopic (exact) mass is 254 g/mol. The molecule has 0 saturated carbocycles. The molecule has 96 valence electrons. The van der Waals surface area contributed by atoms with Crippen molar-refractivity contribution >= 4 is 11.8 Å². The van der Waals surface area contributed by atoms with E-state index < -0.39 is 5.54 Å². The van der Waals surface area contributed by atoms with Gasteiger partial charge < -0.3 is 10.8 Å². The van der Waals surface area contributed by atoms with Crippen LogP contribution in [0.1, 0.15) is 31.5 Å². The van der Waals surface area contributed by atoms with E-state index in [9.17, 15) is 0 Å². The van der Waals surface area contributed by atoms with Gasteiger partial charge in [-0.25, -0.2) is 4.98 Å². The molecule has 0 aliphatic heterocycles. The van der Waals surface area contributed by atoms with Crippen molar-refractivity contribution in [3.63, 3.8) is 0 Å². The van der Waals surface area contributed by atoms with Crippen molar-refractivity contribution in [2.24, 2.45) is 5.73 Å². The number of aromatic nitrogens is 1. The predicted octanol–water partition coefficient (Wildman–Crippen LogP) is 2.28. The van der Waals surface area contributed by atoms with Crippen LogP contribution in [-0.2, 0) is 0 Å². The molecule has 0 amide bonds. The lowest BCUT2D eigenvalue weighted by Gasteiger charge is -2.25. The molecule has 17 heavy (non-hydrogen) atoms. The average molecular weight is 254 g/mol. The van der Waals surface area contributed by atoms with Gasteiger partial charge in [-0.2, -0.15) is 0 Å². The number of rotatable bonds is 5. The molecule has 4 heteroatoms. The molecule has 0 aromatic carbocycles. The summed E-state index contributed by atoms with van der Waals surface area (Å²) in [6.45, 7) is 8.08. The zero-order valence-corrected chi connectivity index (χ0v) is 11.8. The first kappa shape index (κ1) is 14.5. The molecule has 1 aromatic rings. The number of aryl methyl sites for hydroxylation is 2. The van der Waals surface area contributed by atoms with Crippen molar-refractivity contribution in [2.75, 3.05) is 6.61 Å². The van der Waals surface area contributed by atoms with E-state index >= 15 is 0 Å². The Kier molecular flexibility index (Phi) is 4.98. The summed E-state index contributed by atoms with van der Waals surface area (Å²) in [7, 11) is 0. The highest BCUT2D eigenvalue weighted by atomic mass is 32.2. The van der Waals surface area contributed by atoms with E-state index in [2.05, 4.69) is 31.0 Å². The Morgan fingerprint density at radius 3 is 2.65 bits per heavy atom. The minimum absolute atomic E-state index is 0.0121. The Hall–Kier alpha value is -0.580. The number of thioether (sulfide) groups is 1. The molecule has 3 N–H and O–H groups in total. The number of pyridine rings is 1. The van der Waals surface area contributed by atoms with Gasteiger partial charge in [-0.3, -0.25) is 0 Å². The molecule has 0 aliphatic rings. The van der Waals surface area contributed by atoms with Crippen LogP contribution in [0, 0.1) is 13.8 Å². The van der Waals surface area contributed by atoms with Crippen molar-refractivity contribution < 1.29 is 5.11 Å². The molecule has 0 bridgehead atoms. The van der Waals surface area contributed by atoms with E-state index in [1.54, 1.807) is 11.8 Å². The highest BCUT2D eigenvalue weighted by molar-refractivity contribution is 7.99. The summed E-state index contributed by atoms with van der Waals surface area (Å²) in [5.74, 6) is 0. The Balaban J connectivity index is 2.65. The Bertz CT molecular complexity index is 359. The summed E-state index contributed by atoms with van der Waals surface area (Å²) in [4.78, 5) is 4.49. The number of nitrogens with zero attached hydrogens (tertiary/aromatic N) is 1. The molecular weight excluding hydrogens is 232 g/mol. The summed E-state index contributed by atoms with van der Waals surface area (Å²) in [6, 6.07) is 4.15. The molecule has 1 aromatic heterocycles. The van der Waals surface area contributed by atoms with Crippen LogP contribution in [0.3, 0.4) is 0 Å². The van der Waals surface area contributed by atoms with Gasteiger partial charge in [0.15, 0.2) is 0 Å². The topological polar surface area (TPSA) is 59.1 Å². The summed E-state index contributed by atoms with van der Waals surface area (Å²) in [5.41, 5.74) is 7.70. The third-order valence-corrected chi connectivity index (χ3v) is 3.53. The lowest BCUT2D eigenvalue weighted by Crippen LogP contribution is -2.42. The highest BCUT2D eigenvalue weighted by Crippen LogP contribution is 2.27. The molecule has 0 fully saturated rings. The standard InChI is InChI=1S/C13H22N2OS/c1-9-5-10(2)15-12(6-9)17-11(3)7-13(4,14)8-16/h5-6,11,16H,7-8,14H2,1-4H3. The molecular formula is C13H22N2OS. The Morgan fingerprint density at radius 1 is 1.47 bits per heavy atom. The molecule has 0 spiro atoms. The first-order chi connectivity index (χ1) is 7.82. The number of hydrogen-bond acceptors (Lipinski definition) is 4. The first-order valence-electron chi connectivity index (χ1n) is 5.84. The van der Waals surface area contributed by atoms with Gasteiger partial charge >= 0.3 is 0 Å². The summed E-state index contributed by atoms with van der Waals surface area (Å²) >= 11 is 1.71. The van der Waals surface area contributed by atoms with E-state index in [-0.39, 0.29) is 6.61 Å². The van der Waals surface area contributed by atoms with Crippen molar-refractivity contribution in [3.05, 3.63) is 23.4 Å². The SMILES string of the molecule is Cc1cc(C)nc(SC(C)CC(C)(N)CO)c1. The molecule has 0 saturated heterocycles. The van der Waals surface area contributed by atoms with Crippen LogP contribution in [0.25, 0.3) is 0 Å². The van der Waals surface area contributed by atoms with Gasteiger partial charge in [0.1, 0.15) is 0 Å². The fourth-order valence-electron chi connectivity index (χ4n) is 1.83. The Morgan fingerprint density at radius 2 is 2.12 bits per heavy atom. The van der Waals surface area contributed by atoms with Crippen LogP contribution in [0.15, 0.2) is 17.2 Å². The van der Waals surface area contributed by atoms with Crippen LogP contribution in [-0.4, -0.2) is 27.5 Å². The molecule has 0 radical (unpaired) electrons. The smallest absolute Gasteiger partial charge is 0.0968 e. The second-order valence-corrected chi connectivity index (χ2v) is 6.53. The maximum atomic E-state index is 9.15. The first-order valence-corrected chi connectivity index (χ1v) is 6.72. The second kappa shape index (κ2) is 5.85. The third kappa shape index (κ3) is 5.06. The summed E-state index contributed by atoms with van der Waals surface area (Å²) < 4.78 is 0. The third-order valence-electron chi connectivity index (χ3n) is 2.51. The maximum Gasteiger partial charge on any atom is 0.0968 e. The zero-order chi connectivity index (χ0) is 13.1. The van der Waals surface area contributed by atoms with E-state index in [0.717, 1.165) is 17.1 Å². The van der Waals surface area contributed by atoms with Gasteiger partial charge in [0.2, 0.25) is 0 Å². The average Bonchev–Trinajstić information content (AvgIpc) is 2.14. The minimum atomic E-state index is -0.509. The summed E-state index contributed by atoms with van der Waals surface area (Å²) in [5, 5.41) is 10.5. The summed E-state index contributed by atoms with van der Waals surface area (Å²) in [6.07, 6.45) is 0.767. The Labute approximate surface area is 108 Å². The molecule has 0 aliphatic carbocycles. The van der Waals surface area contributed by atoms with Crippen LogP contribution < -0.4 is 5.73 Å². The minimum Gasteiger partial charge on any atom is -0.394 e. The van der Waals surface area contributed by atoms with E-state index in [1.807, 2.05) is 13.8 Å². The van der Waals surface area contributed by atoms with Gasteiger partial charge in [0.05, 0.1) is 11.6 Å². The van der Waals surface area contributed by atoms with E-state index in [4.69, 9.17) is 10.8 Å². The second-order valence-electron chi connectivity index (χ2n) is 5.07. The molecule has 2 atom stereocenters. The van der Waals surface area contributed by atoms with Gasteiger partial charge in [-0.05, 0) is 44.9 Å². The number of nitrogens with two attached hydrogens (primary N) is 1. The van der Waals surface area contributed by atoms with Crippen molar-refractivity contribution in [1.82, 2.24) is 4.98 Å².